The molecule has 0 nitrogen and oxygen atoms in total. The summed E-state index contributed by atoms with van der Waals surface area (Å²) >= 11 is 4.67. The van der Waals surface area contributed by atoms with Crippen molar-refractivity contribution in [3.63, 3.8) is 0 Å². The highest BCUT2D eigenvalue weighted by Gasteiger charge is 2.09. The predicted molar refractivity (Wildman–Crippen MR) is 142 cm³/mol. The van der Waals surface area contributed by atoms with Crippen molar-refractivity contribution in [1.29, 1.82) is 0 Å². The lowest BCUT2D eigenvalue weighted by atomic mass is 9.95. The summed E-state index contributed by atoms with van der Waals surface area (Å²) < 4.78 is 2.33. The minimum atomic E-state index is 1.01. The molecular weight excluding hydrogens is 590 g/mol. The Morgan fingerprint density at radius 2 is 0.833 bits per heavy atom. The maximum Gasteiger partial charge on any atom is 0.0338 e. The summed E-state index contributed by atoms with van der Waals surface area (Å²) in [5.41, 5.74) is 6.24. The van der Waals surface area contributed by atoms with Gasteiger partial charge in [0.1, 0.15) is 0 Å². The molecule has 0 atom stereocenters. The Morgan fingerprint density at radius 3 is 1.23 bits per heavy atom. The normalized spacial score (nSPS) is 9.80. The molecule has 0 aliphatic heterocycles. The van der Waals surface area contributed by atoms with Gasteiger partial charge in [0.05, 0.1) is 0 Å². The van der Waals surface area contributed by atoms with E-state index in [0.29, 0.717) is 0 Å². The van der Waals surface area contributed by atoms with Crippen LogP contribution in [0.25, 0.3) is 11.1 Å². The van der Waals surface area contributed by atoms with Crippen molar-refractivity contribution < 1.29 is 0 Å². The molecule has 30 heavy (non-hydrogen) atoms. The average molecular weight is 606 g/mol. The summed E-state index contributed by atoms with van der Waals surface area (Å²) in [5.74, 6) is 13.4. The Hall–Kier alpha value is -2.54. The minimum Gasteiger partial charge on any atom is -0.0622 e. The van der Waals surface area contributed by atoms with Crippen LogP contribution in [0.15, 0.2) is 97.1 Å². The summed E-state index contributed by atoms with van der Waals surface area (Å²) in [4.78, 5) is 0. The van der Waals surface area contributed by atoms with E-state index in [-0.39, 0.29) is 0 Å². The third-order valence-corrected chi connectivity index (χ3v) is 5.83. The molecule has 0 saturated carbocycles. The molecule has 0 unspecified atom stereocenters. The number of rotatable bonds is 1. The molecule has 0 amide bonds. The fraction of sp³-hybridized carbons (Fsp3) is 0. The maximum absolute atomic E-state index is 3.38. The van der Waals surface area contributed by atoms with Crippen LogP contribution in [0.1, 0.15) is 22.3 Å². The van der Waals surface area contributed by atoms with Crippen LogP contribution in [0, 0.1) is 30.8 Å². The SMILES string of the molecule is Ic1ccc(-c2ccc(I)cc2C#Cc2ccccc2)c(C#Cc2ccccc2)c1. The summed E-state index contributed by atoms with van der Waals surface area (Å²) in [6.07, 6.45) is 0. The summed E-state index contributed by atoms with van der Waals surface area (Å²) in [7, 11) is 0. The van der Waals surface area contributed by atoms with E-state index in [2.05, 4.69) is 105 Å². The van der Waals surface area contributed by atoms with Gasteiger partial charge in [-0.25, -0.2) is 0 Å². The van der Waals surface area contributed by atoms with Crippen LogP contribution in [0.3, 0.4) is 0 Å². The third-order valence-electron chi connectivity index (χ3n) is 4.48. The van der Waals surface area contributed by atoms with Gasteiger partial charge in [-0.15, -0.1) is 0 Å². The van der Waals surface area contributed by atoms with Crippen molar-refractivity contribution in [3.05, 3.63) is 126 Å². The van der Waals surface area contributed by atoms with Gasteiger partial charge in [-0.2, -0.15) is 0 Å². The van der Waals surface area contributed by atoms with E-state index in [1.807, 2.05) is 60.7 Å². The molecule has 0 aliphatic carbocycles. The van der Waals surface area contributed by atoms with Crippen molar-refractivity contribution in [2.75, 3.05) is 0 Å². The first-order chi connectivity index (χ1) is 14.7. The zero-order chi connectivity index (χ0) is 20.8. The predicted octanol–water partition coefficient (Wildman–Crippen LogP) is 7.36. The largest absolute Gasteiger partial charge is 0.0622 e. The van der Waals surface area contributed by atoms with E-state index in [1.165, 1.54) is 0 Å². The van der Waals surface area contributed by atoms with E-state index in [1.54, 1.807) is 0 Å². The van der Waals surface area contributed by atoms with E-state index < -0.39 is 0 Å². The molecule has 4 aromatic rings. The number of hydrogen-bond donors (Lipinski definition) is 0. The maximum atomic E-state index is 3.38. The highest BCUT2D eigenvalue weighted by atomic mass is 127. The molecule has 2 heteroatoms. The fourth-order valence-electron chi connectivity index (χ4n) is 3.03. The highest BCUT2D eigenvalue weighted by Crippen LogP contribution is 2.29. The van der Waals surface area contributed by atoms with E-state index in [9.17, 15) is 0 Å². The molecule has 0 fully saturated rings. The molecular formula is C28H16I2. The second-order valence-electron chi connectivity index (χ2n) is 6.61. The van der Waals surface area contributed by atoms with Crippen molar-refractivity contribution in [3.8, 4) is 34.8 Å². The second-order valence-corrected chi connectivity index (χ2v) is 9.10. The quantitative estimate of drug-likeness (QED) is 0.157. The molecule has 0 N–H and O–H groups in total. The van der Waals surface area contributed by atoms with Crippen molar-refractivity contribution in [1.82, 2.24) is 0 Å². The van der Waals surface area contributed by atoms with Gasteiger partial charge >= 0.3 is 0 Å². The summed E-state index contributed by atoms with van der Waals surface area (Å²) in [6.45, 7) is 0. The van der Waals surface area contributed by atoms with Crippen molar-refractivity contribution >= 4 is 45.2 Å². The number of halogens is 2. The second kappa shape index (κ2) is 9.98. The lowest BCUT2D eigenvalue weighted by molar-refractivity contribution is 1.52. The Kier molecular flexibility index (Phi) is 6.89. The number of hydrogen-bond acceptors (Lipinski definition) is 0. The molecule has 0 radical (unpaired) electrons. The topological polar surface area (TPSA) is 0 Å². The molecule has 0 saturated heterocycles. The van der Waals surface area contributed by atoms with Gasteiger partial charge < -0.3 is 0 Å². The molecule has 0 spiro atoms. The summed E-state index contributed by atoms with van der Waals surface area (Å²) in [6, 6.07) is 33.0. The average Bonchev–Trinajstić information content (AvgIpc) is 2.78. The van der Waals surface area contributed by atoms with Gasteiger partial charge in [0, 0.05) is 29.4 Å². The first-order valence-corrected chi connectivity index (χ1v) is 11.6. The Morgan fingerprint density at radius 1 is 0.433 bits per heavy atom. The zero-order valence-corrected chi connectivity index (χ0v) is 20.3. The standard InChI is InChI=1S/C28H16I2/c29-25-15-17-27(23(19-25)13-11-21-7-3-1-4-8-21)28-18-16-26(30)20-24(28)14-12-22-9-5-2-6-10-22/h1-10,15-20H. The number of benzene rings is 4. The van der Waals surface area contributed by atoms with Gasteiger partial charge in [-0.05, 0) is 105 Å². The lowest BCUT2D eigenvalue weighted by Gasteiger charge is -2.09. The first kappa shape index (κ1) is 20.7. The highest BCUT2D eigenvalue weighted by molar-refractivity contribution is 14.1. The van der Waals surface area contributed by atoms with E-state index >= 15 is 0 Å². The molecule has 0 bridgehead atoms. The monoisotopic (exact) mass is 606 g/mol. The van der Waals surface area contributed by atoms with Crippen LogP contribution in [0.2, 0.25) is 0 Å². The Balaban J connectivity index is 1.82. The minimum absolute atomic E-state index is 1.01. The van der Waals surface area contributed by atoms with Crippen LogP contribution in [0.5, 0.6) is 0 Å². The van der Waals surface area contributed by atoms with Gasteiger partial charge in [0.25, 0.3) is 0 Å². The Labute approximate surface area is 205 Å². The molecule has 4 rings (SSSR count). The van der Waals surface area contributed by atoms with Gasteiger partial charge in [-0.1, -0.05) is 72.2 Å². The van der Waals surface area contributed by atoms with Crippen LogP contribution >= 0.6 is 45.2 Å². The van der Waals surface area contributed by atoms with Crippen LogP contribution < -0.4 is 0 Å². The summed E-state index contributed by atoms with van der Waals surface area (Å²) in [5, 5.41) is 0. The molecule has 0 aromatic heterocycles. The zero-order valence-electron chi connectivity index (χ0n) is 16.0. The Bertz CT molecular complexity index is 1190. The van der Waals surface area contributed by atoms with E-state index in [4.69, 9.17) is 0 Å². The lowest BCUT2D eigenvalue weighted by Crippen LogP contribution is -1.91. The fourth-order valence-corrected chi connectivity index (χ4v) is 4.01. The van der Waals surface area contributed by atoms with E-state index in [0.717, 1.165) is 40.5 Å². The van der Waals surface area contributed by atoms with Crippen molar-refractivity contribution in [2.45, 2.75) is 0 Å². The van der Waals surface area contributed by atoms with Gasteiger partial charge in [0.2, 0.25) is 0 Å². The van der Waals surface area contributed by atoms with Crippen molar-refractivity contribution in [2.24, 2.45) is 0 Å². The third kappa shape index (κ3) is 5.33. The van der Waals surface area contributed by atoms with Crippen LogP contribution in [0.4, 0.5) is 0 Å². The molecule has 0 heterocycles. The molecule has 4 aromatic carbocycles. The molecule has 0 aliphatic rings. The molecule has 142 valence electrons. The van der Waals surface area contributed by atoms with Crippen LogP contribution in [-0.4, -0.2) is 0 Å². The van der Waals surface area contributed by atoms with Crippen LogP contribution in [-0.2, 0) is 0 Å². The first-order valence-electron chi connectivity index (χ1n) is 9.43. The van der Waals surface area contributed by atoms with Gasteiger partial charge in [-0.3, -0.25) is 0 Å². The smallest absolute Gasteiger partial charge is 0.0338 e. The van der Waals surface area contributed by atoms with Gasteiger partial charge in [0.15, 0.2) is 0 Å².